The minimum absolute atomic E-state index is 0.305. The molecule has 0 fully saturated rings. The van der Waals surface area contributed by atoms with E-state index in [-0.39, 0.29) is 11.2 Å². The summed E-state index contributed by atoms with van der Waals surface area (Å²) in [7, 11) is 3.16. The highest BCUT2D eigenvalue weighted by molar-refractivity contribution is 5.50. The number of allylic oxidation sites excluding steroid dienone is 1. The summed E-state index contributed by atoms with van der Waals surface area (Å²) in [6.07, 6.45) is 6.18. The van der Waals surface area contributed by atoms with Crippen molar-refractivity contribution in [2.75, 3.05) is 11.9 Å². The van der Waals surface area contributed by atoms with E-state index in [1.54, 1.807) is 14.0 Å². The van der Waals surface area contributed by atoms with Gasteiger partial charge in [-0.1, -0.05) is 26.7 Å². The molecule has 0 unspecified atom stereocenters. The topological polar surface area (TPSA) is 68.1 Å². The van der Waals surface area contributed by atoms with Gasteiger partial charge in [-0.3, -0.25) is 13.9 Å². The molecule has 0 radical (unpaired) electrons. The van der Waals surface area contributed by atoms with Crippen molar-refractivity contribution in [1.29, 1.82) is 0 Å². The Bertz CT molecular complexity index is 641. The molecule has 6 nitrogen and oxygen atoms in total. The number of hydrogen-bond donors (Lipinski definition) is 2. The van der Waals surface area contributed by atoms with Gasteiger partial charge in [0.25, 0.3) is 5.56 Å². The molecule has 0 bridgehead atoms. The fraction of sp³-hybridized carbons (Fsp3) is 0.625. The van der Waals surface area contributed by atoms with E-state index in [4.69, 9.17) is 0 Å². The summed E-state index contributed by atoms with van der Waals surface area (Å²) in [5, 5.41) is 6.50. The lowest BCUT2D eigenvalue weighted by Gasteiger charge is -2.17. The van der Waals surface area contributed by atoms with Crippen LogP contribution < -0.4 is 21.9 Å². The lowest BCUT2D eigenvalue weighted by molar-refractivity contribution is 0.667. The molecule has 124 valence electrons. The molecule has 0 aliphatic heterocycles. The summed E-state index contributed by atoms with van der Waals surface area (Å²) >= 11 is 0. The molecule has 1 rings (SSSR count). The minimum atomic E-state index is -0.314. The standard InChI is InChI=1S/C16H28N4O2/c1-6-8-10-13(17-11-9-7-2)18-14-12(3)19(4)16(22)20(5)15(14)21/h10,17-18H,6-9,11H2,1-5H3/b13-10+. The van der Waals surface area contributed by atoms with Crippen molar-refractivity contribution in [3.63, 3.8) is 0 Å². The average molecular weight is 308 g/mol. The van der Waals surface area contributed by atoms with Crippen molar-refractivity contribution in [1.82, 2.24) is 14.5 Å². The van der Waals surface area contributed by atoms with E-state index in [0.29, 0.717) is 11.4 Å². The van der Waals surface area contributed by atoms with Gasteiger partial charge in [0, 0.05) is 26.3 Å². The van der Waals surface area contributed by atoms with Gasteiger partial charge in [0.1, 0.15) is 5.69 Å². The first kappa shape index (κ1) is 18.1. The molecular formula is C16H28N4O2. The second-order valence-electron chi connectivity index (χ2n) is 5.48. The SMILES string of the molecule is CCC/C=C(\NCCCC)Nc1c(C)n(C)c(=O)n(C)c1=O. The van der Waals surface area contributed by atoms with E-state index < -0.39 is 0 Å². The third kappa shape index (κ3) is 4.26. The van der Waals surface area contributed by atoms with Crippen LogP contribution in [0, 0.1) is 6.92 Å². The van der Waals surface area contributed by atoms with Gasteiger partial charge in [0.05, 0.1) is 5.82 Å². The number of nitrogens with one attached hydrogen (secondary N) is 2. The maximum atomic E-state index is 12.3. The van der Waals surface area contributed by atoms with Crippen molar-refractivity contribution in [3.8, 4) is 0 Å². The molecule has 0 atom stereocenters. The molecule has 0 saturated heterocycles. The Labute approximate surface area is 131 Å². The van der Waals surface area contributed by atoms with E-state index in [1.165, 1.54) is 11.6 Å². The molecule has 0 saturated carbocycles. The second-order valence-corrected chi connectivity index (χ2v) is 5.48. The van der Waals surface area contributed by atoms with Crippen LogP contribution in [0.4, 0.5) is 5.69 Å². The first-order valence-electron chi connectivity index (χ1n) is 7.91. The predicted octanol–water partition coefficient (Wildman–Crippen LogP) is 1.84. The molecule has 0 aliphatic carbocycles. The number of unbranched alkanes of at least 4 members (excludes halogenated alkanes) is 2. The van der Waals surface area contributed by atoms with Crippen molar-refractivity contribution >= 4 is 5.69 Å². The first-order valence-corrected chi connectivity index (χ1v) is 7.91. The molecule has 1 aromatic heterocycles. The summed E-state index contributed by atoms with van der Waals surface area (Å²) in [6, 6.07) is 0. The molecular weight excluding hydrogens is 280 g/mol. The van der Waals surface area contributed by atoms with Crippen molar-refractivity contribution in [2.45, 2.75) is 46.5 Å². The fourth-order valence-corrected chi connectivity index (χ4v) is 2.08. The molecule has 2 N–H and O–H groups in total. The molecule has 1 aromatic rings. The van der Waals surface area contributed by atoms with Crippen LogP contribution in [0.3, 0.4) is 0 Å². The number of anilines is 1. The second kappa shape index (κ2) is 8.46. The summed E-state index contributed by atoms with van der Waals surface area (Å²) in [5.74, 6) is 0.828. The van der Waals surface area contributed by atoms with E-state index in [0.717, 1.165) is 42.6 Å². The average Bonchev–Trinajstić information content (AvgIpc) is 2.52. The lowest BCUT2D eigenvalue weighted by atomic mass is 10.3. The predicted molar refractivity (Wildman–Crippen MR) is 91.2 cm³/mol. The van der Waals surface area contributed by atoms with Gasteiger partial charge in [0.2, 0.25) is 0 Å². The van der Waals surface area contributed by atoms with E-state index in [2.05, 4.69) is 30.6 Å². The van der Waals surface area contributed by atoms with Crippen LogP contribution in [0.2, 0.25) is 0 Å². The van der Waals surface area contributed by atoms with Gasteiger partial charge in [-0.05, 0) is 25.8 Å². The van der Waals surface area contributed by atoms with Crippen LogP contribution in [-0.2, 0) is 14.1 Å². The molecule has 0 spiro atoms. The highest BCUT2D eigenvalue weighted by Gasteiger charge is 2.13. The molecule has 0 aliphatic rings. The maximum Gasteiger partial charge on any atom is 0.330 e. The molecule has 0 aromatic carbocycles. The fourth-order valence-electron chi connectivity index (χ4n) is 2.08. The van der Waals surface area contributed by atoms with E-state index in [1.807, 2.05) is 0 Å². The smallest absolute Gasteiger partial charge is 0.330 e. The number of nitrogens with zero attached hydrogens (tertiary/aromatic N) is 2. The van der Waals surface area contributed by atoms with Crippen LogP contribution in [0.15, 0.2) is 21.5 Å². The lowest BCUT2D eigenvalue weighted by Crippen LogP contribution is -2.40. The van der Waals surface area contributed by atoms with Crippen LogP contribution in [0.5, 0.6) is 0 Å². The third-order valence-corrected chi connectivity index (χ3v) is 3.70. The quantitative estimate of drug-likeness (QED) is 0.719. The normalized spacial score (nSPS) is 11.6. The summed E-state index contributed by atoms with van der Waals surface area (Å²) in [5.41, 5.74) is 0.454. The van der Waals surface area contributed by atoms with Gasteiger partial charge in [-0.25, -0.2) is 4.79 Å². The van der Waals surface area contributed by atoms with E-state index >= 15 is 0 Å². The van der Waals surface area contributed by atoms with Crippen molar-refractivity contribution in [2.24, 2.45) is 14.1 Å². The van der Waals surface area contributed by atoms with Gasteiger partial charge in [-0.2, -0.15) is 0 Å². The van der Waals surface area contributed by atoms with Crippen molar-refractivity contribution in [3.05, 3.63) is 38.4 Å². The Balaban J connectivity index is 3.13. The first-order chi connectivity index (χ1) is 10.4. The Morgan fingerprint density at radius 2 is 1.82 bits per heavy atom. The maximum absolute atomic E-state index is 12.3. The van der Waals surface area contributed by atoms with Crippen LogP contribution in [0.1, 0.15) is 45.2 Å². The van der Waals surface area contributed by atoms with Gasteiger partial charge >= 0.3 is 5.69 Å². The number of rotatable bonds is 8. The van der Waals surface area contributed by atoms with Gasteiger partial charge in [-0.15, -0.1) is 0 Å². The highest BCUT2D eigenvalue weighted by Crippen LogP contribution is 2.09. The molecule has 0 amide bonds. The molecule has 6 heteroatoms. The minimum Gasteiger partial charge on any atom is -0.372 e. The number of hydrogen-bond acceptors (Lipinski definition) is 4. The third-order valence-electron chi connectivity index (χ3n) is 3.70. The van der Waals surface area contributed by atoms with Crippen LogP contribution in [0.25, 0.3) is 0 Å². The Morgan fingerprint density at radius 1 is 1.14 bits per heavy atom. The zero-order chi connectivity index (χ0) is 16.7. The summed E-state index contributed by atoms with van der Waals surface area (Å²) < 4.78 is 2.60. The van der Waals surface area contributed by atoms with Gasteiger partial charge in [0.15, 0.2) is 0 Å². The Hall–Kier alpha value is -1.98. The highest BCUT2D eigenvalue weighted by atomic mass is 16.2. The summed E-state index contributed by atoms with van der Waals surface area (Å²) in [6.45, 7) is 6.87. The number of aromatic nitrogens is 2. The van der Waals surface area contributed by atoms with Gasteiger partial charge < -0.3 is 10.6 Å². The van der Waals surface area contributed by atoms with E-state index in [9.17, 15) is 9.59 Å². The summed E-state index contributed by atoms with van der Waals surface area (Å²) in [4.78, 5) is 24.2. The van der Waals surface area contributed by atoms with Crippen LogP contribution in [-0.4, -0.2) is 15.7 Å². The Morgan fingerprint density at radius 3 is 2.41 bits per heavy atom. The Kier molecular flexibility index (Phi) is 6.95. The molecule has 22 heavy (non-hydrogen) atoms. The monoisotopic (exact) mass is 308 g/mol. The largest absolute Gasteiger partial charge is 0.372 e. The molecule has 1 heterocycles. The zero-order valence-electron chi connectivity index (χ0n) is 14.3. The van der Waals surface area contributed by atoms with Crippen molar-refractivity contribution < 1.29 is 0 Å². The van der Waals surface area contributed by atoms with Crippen LogP contribution >= 0.6 is 0 Å². The zero-order valence-corrected chi connectivity index (χ0v) is 14.3.